The van der Waals surface area contributed by atoms with Crippen LogP contribution in [-0.2, 0) is 15.1 Å². The number of Topliss-reactive ketones (excluding diaryl/α,β-unsaturated/α-hetero) is 1. The van der Waals surface area contributed by atoms with Crippen molar-refractivity contribution in [2.24, 2.45) is 4.99 Å². The molecule has 1 saturated carbocycles. The Labute approximate surface area is 92.9 Å². The van der Waals surface area contributed by atoms with Crippen molar-refractivity contribution >= 4 is 11.9 Å². The molecule has 0 unspecified atom stereocenters. The highest BCUT2D eigenvalue weighted by Crippen LogP contribution is 2.45. The van der Waals surface area contributed by atoms with Gasteiger partial charge in [-0.2, -0.15) is 4.99 Å². The third kappa shape index (κ3) is 1.53. The number of methoxy groups -OCH3 is 1. The number of aliphatic imine (C=N–C) groups is 1. The molecule has 1 aromatic carbocycles. The van der Waals surface area contributed by atoms with Crippen LogP contribution in [0.3, 0.4) is 0 Å². The first kappa shape index (κ1) is 10.6. The molecule has 0 N–H and O–H groups in total. The van der Waals surface area contributed by atoms with Crippen LogP contribution < -0.4 is 4.74 Å². The highest BCUT2D eigenvalue weighted by Gasteiger charge is 2.46. The minimum absolute atomic E-state index is 0.102. The Bertz CT molecular complexity index is 467. The summed E-state index contributed by atoms with van der Waals surface area (Å²) >= 11 is 0. The average molecular weight is 217 g/mol. The maximum atomic E-state index is 11.1. The van der Waals surface area contributed by atoms with Crippen LogP contribution in [0, 0.1) is 0 Å². The zero-order valence-corrected chi connectivity index (χ0v) is 8.90. The molecular weight excluding hydrogens is 206 g/mol. The molecule has 4 heteroatoms. The summed E-state index contributed by atoms with van der Waals surface area (Å²) in [4.78, 5) is 25.4. The van der Waals surface area contributed by atoms with Gasteiger partial charge in [-0.05, 0) is 6.07 Å². The van der Waals surface area contributed by atoms with E-state index in [-0.39, 0.29) is 18.6 Å². The fraction of sp³-hybridized carbons (Fsp3) is 0.333. The molecule has 16 heavy (non-hydrogen) atoms. The lowest BCUT2D eigenvalue weighted by Crippen LogP contribution is -2.40. The number of benzene rings is 1. The molecule has 1 aromatic rings. The van der Waals surface area contributed by atoms with Crippen molar-refractivity contribution in [3.05, 3.63) is 29.8 Å². The van der Waals surface area contributed by atoms with Gasteiger partial charge in [0, 0.05) is 18.4 Å². The first-order valence-electron chi connectivity index (χ1n) is 4.96. The van der Waals surface area contributed by atoms with Crippen LogP contribution in [0.4, 0.5) is 0 Å². The quantitative estimate of drug-likeness (QED) is 0.570. The molecule has 1 aliphatic carbocycles. The van der Waals surface area contributed by atoms with Crippen molar-refractivity contribution in [3.63, 3.8) is 0 Å². The average Bonchev–Trinajstić information content (AvgIpc) is 2.27. The molecular formula is C12H11NO3. The predicted molar refractivity (Wildman–Crippen MR) is 57.0 cm³/mol. The van der Waals surface area contributed by atoms with Crippen molar-refractivity contribution in [3.8, 4) is 5.75 Å². The van der Waals surface area contributed by atoms with Gasteiger partial charge < -0.3 is 4.74 Å². The molecule has 0 spiro atoms. The summed E-state index contributed by atoms with van der Waals surface area (Å²) < 4.78 is 5.21. The summed E-state index contributed by atoms with van der Waals surface area (Å²) in [5.74, 6) is 0.749. The van der Waals surface area contributed by atoms with Gasteiger partial charge in [0.25, 0.3) is 0 Å². The smallest absolute Gasteiger partial charge is 0.235 e. The van der Waals surface area contributed by atoms with Gasteiger partial charge in [0.2, 0.25) is 6.08 Å². The number of rotatable bonds is 3. The van der Waals surface area contributed by atoms with Crippen molar-refractivity contribution in [2.45, 2.75) is 18.4 Å². The van der Waals surface area contributed by atoms with Gasteiger partial charge in [-0.1, -0.05) is 18.2 Å². The highest BCUT2D eigenvalue weighted by atomic mass is 16.5. The van der Waals surface area contributed by atoms with E-state index in [4.69, 9.17) is 4.74 Å². The Morgan fingerprint density at radius 3 is 2.62 bits per heavy atom. The van der Waals surface area contributed by atoms with E-state index in [0.29, 0.717) is 5.75 Å². The summed E-state index contributed by atoms with van der Waals surface area (Å²) in [5, 5.41) is 0. The number of nitrogens with zero attached hydrogens (tertiary/aromatic N) is 1. The summed E-state index contributed by atoms with van der Waals surface area (Å²) in [6, 6.07) is 7.29. The normalized spacial score (nSPS) is 17.2. The van der Waals surface area contributed by atoms with Gasteiger partial charge in [-0.15, -0.1) is 0 Å². The summed E-state index contributed by atoms with van der Waals surface area (Å²) in [5.41, 5.74) is 0.0336. The van der Waals surface area contributed by atoms with E-state index in [9.17, 15) is 9.59 Å². The molecule has 0 amide bonds. The number of hydrogen-bond acceptors (Lipinski definition) is 4. The fourth-order valence-corrected chi connectivity index (χ4v) is 2.05. The number of para-hydroxylation sites is 1. The second-order valence-corrected chi connectivity index (χ2v) is 3.83. The minimum Gasteiger partial charge on any atom is -0.496 e. The van der Waals surface area contributed by atoms with E-state index in [1.807, 2.05) is 18.2 Å². The third-order valence-corrected chi connectivity index (χ3v) is 2.85. The SMILES string of the molecule is COc1ccccc1C1(N=C=O)CC(=O)C1. The Morgan fingerprint density at radius 2 is 2.06 bits per heavy atom. The standard InChI is InChI=1S/C12H11NO3/c1-16-11-5-3-2-4-10(11)12(13-8-14)6-9(15)7-12/h2-5H,6-7H2,1H3. The molecule has 0 atom stereocenters. The second-order valence-electron chi connectivity index (χ2n) is 3.83. The van der Waals surface area contributed by atoms with Crippen LogP contribution >= 0.6 is 0 Å². The topological polar surface area (TPSA) is 55.7 Å². The lowest BCUT2D eigenvalue weighted by atomic mass is 9.71. The molecule has 82 valence electrons. The molecule has 0 bridgehead atoms. The van der Waals surface area contributed by atoms with Gasteiger partial charge in [-0.3, -0.25) is 4.79 Å². The molecule has 2 rings (SSSR count). The van der Waals surface area contributed by atoms with E-state index in [1.165, 1.54) is 0 Å². The number of carbonyl (C=O) groups excluding carboxylic acids is 2. The Balaban J connectivity index is 2.48. The van der Waals surface area contributed by atoms with Gasteiger partial charge >= 0.3 is 0 Å². The van der Waals surface area contributed by atoms with Crippen LogP contribution in [-0.4, -0.2) is 19.0 Å². The molecule has 0 radical (unpaired) electrons. The van der Waals surface area contributed by atoms with E-state index in [2.05, 4.69) is 4.99 Å². The number of ether oxygens (including phenoxy) is 1. The van der Waals surface area contributed by atoms with Crippen molar-refractivity contribution in [1.29, 1.82) is 0 Å². The Morgan fingerprint density at radius 1 is 1.38 bits per heavy atom. The Hall–Kier alpha value is -1.93. The van der Waals surface area contributed by atoms with Crippen LogP contribution in [0.5, 0.6) is 5.75 Å². The predicted octanol–water partition coefficient (Wildman–Crippen LogP) is 1.59. The highest BCUT2D eigenvalue weighted by molar-refractivity contribution is 5.89. The third-order valence-electron chi connectivity index (χ3n) is 2.85. The zero-order chi connectivity index (χ0) is 11.6. The van der Waals surface area contributed by atoms with Crippen molar-refractivity contribution in [2.75, 3.05) is 7.11 Å². The van der Waals surface area contributed by atoms with Crippen LogP contribution in [0.2, 0.25) is 0 Å². The molecule has 0 aromatic heterocycles. The zero-order valence-electron chi connectivity index (χ0n) is 8.90. The summed E-state index contributed by atoms with van der Waals surface area (Å²) in [6.45, 7) is 0. The molecule has 0 heterocycles. The number of hydrogen-bond donors (Lipinski definition) is 0. The number of ketones is 1. The molecule has 0 saturated heterocycles. The first-order valence-corrected chi connectivity index (χ1v) is 4.96. The molecule has 4 nitrogen and oxygen atoms in total. The molecule has 1 aliphatic rings. The maximum Gasteiger partial charge on any atom is 0.235 e. The van der Waals surface area contributed by atoms with Crippen LogP contribution in [0.15, 0.2) is 29.3 Å². The lowest BCUT2D eigenvalue weighted by molar-refractivity contribution is -0.128. The van der Waals surface area contributed by atoms with Gasteiger partial charge in [0.15, 0.2) is 0 Å². The lowest BCUT2D eigenvalue weighted by Gasteiger charge is -2.36. The summed E-state index contributed by atoms with van der Waals surface area (Å²) in [7, 11) is 1.55. The van der Waals surface area contributed by atoms with Crippen molar-refractivity contribution in [1.82, 2.24) is 0 Å². The Kier molecular flexibility index (Phi) is 2.59. The number of carbonyl (C=O) groups is 1. The van der Waals surface area contributed by atoms with Gasteiger partial charge in [0.05, 0.1) is 7.11 Å². The first-order chi connectivity index (χ1) is 7.72. The van der Waals surface area contributed by atoms with E-state index in [0.717, 1.165) is 5.56 Å². The van der Waals surface area contributed by atoms with E-state index < -0.39 is 5.54 Å². The minimum atomic E-state index is -0.745. The molecule has 0 aliphatic heterocycles. The number of isocyanates is 1. The molecule has 1 fully saturated rings. The summed E-state index contributed by atoms with van der Waals surface area (Å²) in [6.07, 6.45) is 2.05. The van der Waals surface area contributed by atoms with Gasteiger partial charge in [0.1, 0.15) is 17.1 Å². The van der Waals surface area contributed by atoms with Gasteiger partial charge in [-0.25, -0.2) is 4.79 Å². The monoisotopic (exact) mass is 217 g/mol. The van der Waals surface area contributed by atoms with E-state index in [1.54, 1.807) is 19.3 Å². The van der Waals surface area contributed by atoms with Crippen molar-refractivity contribution < 1.29 is 14.3 Å². The maximum absolute atomic E-state index is 11.1. The second kappa shape index (κ2) is 3.91. The van der Waals surface area contributed by atoms with Crippen LogP contribution in [0.25, 0.3) is 0 Å². The fourth-order valence-electron chi connectivity index (χ4n) is 2.05. The van der Waals surface area contributed by atoms with E-state index >= 15 is 0 Å². The van der Waals surface area contributed by atoms with Crippen LogP contribution in [0.1, 0.15) is 18.4 Å². The largest absolute Gasteiger partial charge is 0.496 e.